The maximum absolute atomic E-state index is 7.22. The third-order valence-corrected chi connectivity index (χ3v) is 1.45. The fourth-order valence-corrected chi connectivity index (χ4v) is 0.806. The van der Waals surface area contributed by atoms with Crippen molar-refractivity contribution in [3.8, 4) is 0 Å². The van der Waals surface area contributed by atoms with Crippen LogP contribution in [0, 0.1) is 6.92 Å². The largest absolute Gasteiger partial charge is 0.261 e. The second-order valence-electron chi connectivity index (χ2n) is 2.63. The van der Waals surface area contributed by atoms with Gasteiger partial charge >= 0.3 is 0 Å². The van der Waals surface area contributed by atoms with Gasteiger partial charge in [0.1, 0.15) is 0 Å². The first-order chi connectivity index (χ1) is 4.70. The maximum Gasteiger partial charge on any atom is 0.0521 e. The summed E-state index contributed by atoms with van der Waals surface area (Å²) in [6, 6.07) is 3.74. The van der Waals surface area contributed by atoms with E-state index in [0.29, 0.717) is 11.6 Å². The van der Waals surface area contributed by atoms with Crippen LogP contribution >= 0.6 is 0 Å². The van der Waals surface area contributed by atoms with E-state index in [1.807, 2.05) is 6.07 Å². The number of hydrogen-bond donors (Lipinski definition) is 0. The van der Waals surface area contributed by atoms with Crippen LogP contribution in [0.1, 0.15) is 31.0 Å². The van der Waals surface area contributed by atoms with Crippen LogP contribution in [-0.4, -0.2) is 4.98 Å². The van der Waals surface area contributed by atoms with Gasteiger partial charge in [0.2, 0.25) is 0 Å². The standard InChI is InChI=1S/C9H10N/c1-7(2)9-4-5-10-8(3)6-9/h4-7H,1-2H3. The molecular weight excluding hydrogens is 122 g/mol. The van der Waals surface area contributed by atoms with Crippen molar-refractivity contribution in [2.24, 2.45) is 0 Å². The highest BCUT2D eigenvalue weighted by molar-refractivity contribution is 5.20. The third kappa shape index (κ3) is 1.56. The van der Waals surface area contributed by atoms with E-state index < -0.39 is 0 Å². The summed E-state index contributed by atoms with van der Waals surface area (Å²) in [6.45, 7) is 11.4. The van der Waals surface area contributed by atoms with Crippen LogP contribution in [0.4, 0.5) is 0 Å². The highest BCUT2D eigenvalue weighted by atomic mass is 14.6. The van der Waals surface area contributed by atoms with E-state index in [1.165, 1.54) is 5.56 Å². The van der Waals surface area contributed by atoms with Crippen LogP contribution in [0.15, 0.2) is 18.3 Å². The van der Waals surface area contributed by atoms with E-state index in [1.54, 1.807) is 12.3 Å². The molecular formula is C9H10N. The van der Waals surface area contributed by atoms with Crippen molar-refractivity contribution in [2.45, 2.75) is 19.8 Å². The predicted molar refractivity (Wildman–Crippen MR) is 40.7 cm³/mol. The van der Waals surface area contributed by atoms with Crippen molar-refractivity contribution in [1.29, 1.82) is 0 Å². The molecule has 0 aliphatic rings. The summed E-state index contributed by atoms with van der Waals surface area (Å²) < 4.78 is 0. The summed E-state index contributed by atoms with van der Waals surface area (Å²) in [7, 11) is 0. The molecule has 0 aliphatic heterocycles. The molecule has 0 amide bonds. The summed E-state index contributed by atoms with van der Waals surface area (Å²) >= 11 is 0. The zero-order chi connectivity index (χ0) is 7.56. The van der Waals surface area contributed by atoms with Gasteiger partial charge in [0.05, 0.1) is 6.92 Å². The van der Waals surface area contributed by atoms with Crippen molar-refractivity contribution in [3.63, 3.8) is 0 Å². The molecule has 1 rings (SSSR count). The lowest BCUT2D eigenvalue weighted by molar-refractivity contribution is 0.861. The topological polar surface area (TPSA) is 12.9 Å². The van der Waals surface area contributed by atoms with Gasteiger partial charge in [0.15, 0.2) is 0 Å². The zero-order valence-electron chi connectivity index (χ0n) is 6.26. The summed E-state index contributed by atoms with van der Waals surface area (Å²) in [5, 5.41) is 0. The molecule has 0 saturated carbocycles. The van der Waals surface area contributed by atoms with E-state index in [-0.39, 0.29) is 0 Å². The van der Waals surface area contributed by atoms with Gasteiger partial charge in [-0.05, 0) is 23.6 Å². The van der Waals surface area contributed by atoms with Gasteiger partial charge in [0.25, 0.3) is 0 Å². The number of rotatable bonds is 1. The van der Waals surface area contributed by atoms with Gasteiger partial charge in [-0.3, -0.25) is 4.98 Å². The van der Waals surface area contributed by atoms with E-state index in [9.17, 15) is 0 Å². The van der Waals surface area contributed by atoms with E-state index >= 15 is 0 Å². The SMILES string of the molecule is [C]c1cc(C(C)C)ccn1. The number of hydrogen-bond acceptors (Lipinski definition) is 1. The number of aromatic nitrogens is 1. The Morgan fingerprint density at radius 1 is 1.50 bits per heavy atom. The van der Waals surface area contributed by atoms with Gasteiger partial charge in [-0.25, -0.2) is 0 Å². The molecule has 3 radical (unpaired) electrons. The Bertz CT molecular complexity index is 216. The number of nitrogens with zero attached hydrogens (tertiary/aromatic N) is 1. The van der Waals surface area contributed by atoms with Gasteiger partial charge in [-0.1, -0.05) is 13.8 Å². The van der Waals surface area contributed by atoms with E-state index in [4.69, 9.17) is 6.92 Å². The van der Waals surface area contributed by atoms with Gasteiger partial charge in [0, 0.05) is 11.9 Å². The molecule has 0 N–H and O–H groups in total. The molecule has 10 heavy (non-hydrogen) atoms. The average Bonchev–Trinajstić information content (AvgIpc) is 1.88. The van der Waals surface area contributed by atoms with Crippen molar-refractivity contribution < 1.29 is 0 Å². The van der Waals surface area contributed by atoms with Crippen LogP contribution in [0.5, 0.6) is 0 Å². The molecule has 0 aliphatic carbocycles. The molecule has 1 heteroatoms. The van der Waals surface area contributed by atoms with Crippen LogP contribution < -0.4 is 0 Å². The number of pyridine rings is 1. The Hall–Kier alpha value is -0.850. The van der Waals surface area contributed by atoms with Gasteiger partial charge in [-0.15, -0.1) is 0 Å². The summed E-state index contributed by atoms with van der Waals surface area (Å²) in [4.78, 5) is 3.79. The first-order valence-corrected chi connectivity index (χ1v) is 3.37. The smallest absolute Gasteiger partial charge is 0.0521 e. The normalized spacial score (nSPS) is 10.4. The predicted octanol–water partition coefficient (Wildman–Crippen LogP) is 2.14. The molecule has 1 aromatic heterocycles. The highest BCUT2D eigenvalue weighted by Gasteiger charge is 1.97. The fraction of sp³-hybridized carbons (Fsp3) is 0.333. The molecule has 0 saturated heterocycles. The molecule has 0 atom stereocenters. The maximum atomic E-state index is 7.22. The Morgan fingerprint density at radius 2 is 2.20 bits per heavy atom. The molecule has 1 heterocycles. The minimum atomic E-state index is 0.353. The quantitative estimate of drug-likeness (QED) is 0.570. The highest BCUT2D eigenvalue weighted by Crippen LogP contribution is 2.12. The minimum Gasteiger partial charge on any atom is -0.261 e. The molecule has 0 aromatic carbocycles. The van der Waals surface area contributed by atoms with E-state index in [0.717, 1.165) is 0 Å². The van der Waals surface area contributed by atoms with Crippen LogP contribution in [0.3, 0.4) is 0 Å². The molecule has 0 bridgehead atoms. The first-order valence-electron chi connectivity index (χ1n) is 3.37. The second-order valence-corrected chi connectivity index (χ2v) is 2.63. The fourth-order valence-electron chi connectivity index (χ4n) is 0.806. The zero-order valence-corrected chi connectivity index (χ0v) is 6.26. The van der Waals surface area contributed by atoms with Crippen molar-refractivity contribution in [1.82, 2.24) is 4.98 Å². The molecule has 1 nitrogen and oxygen atoms in total. The lowest BCUT2D eigenvalue weighted by Crippen LogP contribution is -1.88. The summed E-state index contributed by atoms with van der Waals surface area (Å²) in [5.74, 6) is 0.493. The lowest BCUT2D eigenvalue weighted by Gasteiger charge is -2.03. The molecule has 0 spiro atoms. The van der Waals surface area contributed by atoms with Crippen LogP contribution in [0.25, 0.3) is 0 Å². The van der Waals surface area contributed by atoms with Gasteiger partial charge in [-0.2, -0.15) is 0 Å². The summed E-state index contributed by atoms with van der Waals surface area (Å²) in [5.41, 5.74) is 1.53. The molecule has 0 fully saturated rings. The minimum absolute atomic E-state index is 0.353. The van der Waals surface area contributed by atoms with Crippen LogP contribution in [-0.2, 0) is 0 Å². The average molecular weight is 132 g/mol. The van der Waals surface area contributed by atoms with Crippen LogP contribution in [0.2, 0.25) is 0 Å². The van der Waals surface area contributed by atoms with Gasteiger partial charge < -0.3 is 0 Å². The Balaban J connectivity index is 2.96. The Morgan fingerprint density at radius 3 is 2.60 bits per heavy atom. The Labute approximate surface area is 62.1 Å². The third-order valence-electron chi connectivity index (χ3n) is 1.45. The van der Waals surface area contributed by atoms with Crippen molar-refractivity contribution in [3.05, 3.63) is 36.5 Å². The monoisotopic (exact) mass is 132 g/mol. The lowest BCUT2D eigenvalue weighted by atomic mass is 10.0. The van der Waals surface area contributed by atoms with Crippen molar-refractivity contribution in [2.75, 3.05) is 0 Å². The second kappa shape index (κ2) is 2.82. The van der Waals surface area contributed by atoms with Crippen molar-refractivity contribution >= 4 is 0 Å². The Kier molecular flexibility index (Phi) is 2.05. The molecule has 1 aromatic rings. The van der Waals surface area contributed by atoms with E-state index in [2.05, 4.69) is 18.8 Å². The molecule has 0 unspecified atom stereocenters. The first kappa shape index (κ1) is 7.26. The summed E-state index contributed by atoms with van der Waals surface area (Å²) in [6.07, 6.45) is 1.68. The molecule has 51 valence electrons.